The number of hydrazone groups is 1. The molecule has 2 aromatic rings. The Labute approximate surface area is 141 Å². The second kappa shape index (κ2) is 6.37. The molecule has 1 aromatic carbocycles. The van der Waals surface area contributed by atoms with Crippen LogP contribution in [-0.4, -0.2) is 20.4 Å². The van der Waals surface area contributed by atoms with E-state index in [0.717, 1.165) is 10.1 Å². The van der Waals surface area contributed by atoms with Crippen LogP contribution < -0.4 is 16.7 Å². The number of halogens is 1. The summed E-state index contributed by atoms with van der Waals surface area (Å²) in [5.41, 5.74) is 2.89. The summed E-state index contributed by atoms with van der Waals surface area (Å²) in [6.07, 6.45) is 1.85. The molecule has 0 saturated carbocycles. The highest BCUT2D eigenvalue weighted by Gasteiger charge is 2.27. The summed E-state index contributed by atoms with van der Waals surface area (Å²) in [6.45, 7) is 3.61. The number of nitrogens with zero attached hydrogens (tertiary/aromatic N) is 2. The Kier molecular flexibility index (Phi) is 4.26. The zero-order valence-corrected chi connectivity index (χ0v) is 13.4. The smallest absolute Gasteiger partial charge is 0.331 e. The molecule has 7 nitrogen and oxygen atoms in total. The predicted molar refractivity (Wildman–Crippen MR) is 91.7 cm³/mol. The van der Waals surface area contributed by atoms with Crippen molar-refractivity contribution in [3.63, 3.8) is 0 Å². The lowest BCUT2D eigenvalue weighted by molar-refractivity contribution is 0.409. The number of hydrogen-bond donors (Lipinski definition) is 3. The highest BCUT2D eigenvalue weighted by Crippen LogP contribution is 2.26. The summed E-state index contributed by atoms with van der Waals surface area (Å²) in [4.78, 5) is 26.1. The van der Waals surface area contributed by atoms with Crippen LogP contribution in [0, 0.1) is 0 Å². The molecule has 0 spiro atoms. The molecule has 3 rings (SSSR count). The lowest BCUT2D eigenvalue weighted by Crippen LogP contribution is -2.33. The van der Waals surface area contributed by atoms with Crippen molar-refractivity contribution in [2.75, 3.05) is 0 Å². The van der Waals surface area contributed by atoms with E-state index in [-0.39, 0.29) is 18.2 Å². The molecule has 1 aliphatic heterocycles. The summed E-state index contributed by atoms with van der Waals surface area (Å²) in [5.74, 6) is -0.416. The third-order valence-electron chi connectivity index (χ3n) is 3.80. The van der Waals surface area contributed by atoms with E-state index in [1.807, 2.05) is 12.1 Å². The van der Waals surface area contributed by atoms with E-state index in [1.54, 1.807) is 12.1 Å². The van der Waals surface area contributed by atoms with Crippen LogP contribution in [0.15, 0.2) is 51.6 Å². The second-order valence-corrected chi connectivity index (χ2v) is 5.79. The van der Waals surface area contributed by atoms with E-state index in [0.29, 0.717) is 17.2 Å². The summed E-state index contributed by atoms with van der Waals surface area (Å²) in [7, 11) is 0. The molecular formula is C16H15ClN4O3. The third-order valence-corrected chi connectivity index (χ3v) is 4.05. The number of aromatic nitrogens is 2. The van der Waals surface area contributed by atoms with Gasteiger partial charge in [-0.1, -0.05) is 29.8 Å². The summed E-state index contributed by atoms with van der Waals surface area (Å²) >= 11 is 5.88. The lowest BCUT2D eigenvalue weighted by Gasteiger charge is -2.11. The van der Waals surface area contributed by atoms with Crippen LogP contribution in [0.2, 0.25) is 5.02 Å². The fourth-order valence-corrected chi connectivity index (χ4v) is 2.73. The molecule has 0 saturated heterocycles. The van der Waals surface area contributed by atoms with Crippen molar-refractivity contribution in [1.29, 1.82) is 0 Å². The first kappa shape index (κ1) is 16.1. The molecule has 2 heterocycles. The number of allylic oxidation sites excluding steroid dienone is 1. The van der Waals surface area contributed by atoms with Crippen LogP contribution in [-0.2, 0) is 6.54 Å². The highest BCUT2D eigenvalue weighted by atomic mass is 35.5. The van der Waals surface area contributed by atoms with Crippen molar-refractivity contribution in [2.45, 2.75) is 19.0 Å². The van der Waals surface area contributed by atoms with Gasteiger partial charge in [0, 0.05) is 18.0 Å². The quantitative estimate of drug-likeness (QED) is 0.731. The number of nitrogens with one attached hydrogen (secondary N) is 2. The number of H-pyrrole nitrogens is 1. The summed E-state index contributed by atoms with van der Waals surface area (Å²) < 4.78 is 1.03. The molecule has 24 heavy (non-hydrogen) atoms. The first-order chi connectivity index (χ1) is 11.5. The van der Waals surface area contributed by atoms with Gasteiger partial charge in [-0.3, -0.25) is 14.3 Å². The van der Waals surface area contributed by atoms with E-state index in [4.69, 9.17) is 11.6 Å². The Hall–Kier alpha value is -2.80. The topological polar surface area (TPSA) is 99.5 Å². The molecular weight excluding hydrogens is 332 g/mol. The Morgan fingerprint density at radius 1 is 1.38 bits per heavy atom. The normalized spacial score (nSPS) is 16.5. The summed E-state index contributed by atoms with van der Waals surface area (Å²) in [6, 6.07) is 7.12. The zero-order valence-electron chi connectivity index (χ0n) is 12.6. The first-order valence-corrected chi connectivity index (χ1v) is 7.64. The minimum absolute atomic E-state index is 0.0135. The standard InChI is InChI=1S/C16H15ClN4O3/c1-2-7-21-15(23)13(14(22)18-16(21)24)12-8-11(19-20-12)9-3-5-10(17)6-4-9/h2-6,11,19,23H,1,7-8H2,(H,18,22,24). The van der Waals surface area contributed by atoms with Crippen molar-refractivity contribution < 1.29 is 5.11 Å². The highest BCUT2D eigenvalue weighted by molar-refractivity contribution is 6.30. The molecule has 1 aliphatic rings. The van der Waals surface area contributed by atoms with Gasteiger partial charge in [0.15, 0.2) is 0 Å². The van der Waals surface area contributed by atoms with Gasteiger partial charge in [0.05, 0.1) is 11.8 Å². The van der Waals surface area contributed by atoms with Crippen LogP contribution in [0.3, 0.4) is 0 Å². The second-order valence-electron chi connectivity index (χ2n) is 5.35. The molecule has 1 aromatic heterocycles. The lowest BCUT2D eigenvalue weighted by atomic mass is 10.00. The van der Waals surface area contributed by atoms with Crippen LogP contribution >= 0.6 is 11.6 Å². The number of hydrogen-bond acceptors (Lipinski definition) is 5. The number of aromatic amines is 1. The average molecular weight is 347 g/mol. The van der Waals surface area contributed by atoms with Crippen molar-refractivity contribution >= 4 is 17.3 Å². The largest absolute Gasteiger partial charge is 0.494 e. The van der Waals surface area contributed by atoms with Crippen molar-refractivity contribution in [2.24, 2.45) is 5.10 Å². The van der Waals surface area contributed by atoms with Gasteiger partial charge in [0.1, 0.15) is 5.56 Å². The van der Waals surface area contributed by atoms with Gasteiger partial charge in [0.25, 0.3) is 5.56 Å². The SMILES string of the molecule is C=CCn1c(O)c(C2=NNC(c3ccc(Cl)cc3)C2)c(=O)[nH]c1=O. The van der Waals surface area contributed by atoms with Crippen LogP contribution in [0.25, 0.3) is 0 Å². The van der Waals surface area contributed by atoms with E-state index >= 15 is 0 Å². The maximum atomic E-state index is 12.1. The summed E-state index contributed by atoms with van der Waals surface area (Å²) in [5, 5.41) is 15.1. The van der Waals surface area contributed by atoms with Gasteiger partial charge in [-0.05, 0) is 17.7 Å². The van der Waals surface area contributed by atoms with Gasteiger partial charge in [-0.25, -0.2) is 4.79 Å². The van der Waals surface area contributed by atoms with Crippen LogP contribution in [0.4, 0.5) is 0 Å². The molecule has 8 heteroatoms. The average Bonchev–Trinajstić information content (AvgIpc) is 3.01. The molecule has 0 aliphatic carbocycles. The molecule has 0 fully saturated rings. The Morgan fingerprint density at radius 2 is 2.08 bits per heavy atom. The molecule has 0 bridgehead atoms. The van der Waals surface area contributed by atoms with Gasteiger partial charge < -0.3 is 10.5 Å². The zero-order chi connectivity index (χ0) is 17.3. The molecule has 1 atom stereocenters. The Balaban J connectivity index is 1.95. The van der Waals surface area contributed by atoms with Crippen molar-refractivity contribution in [3.8, 4) is 5.88 Å². The first-order valence-electron chi connectivity index (χ1n) is 7.26. The number of benzene rings is 1. The molecule has 0 radical (unpaired) electrons. The monoisotopic (exact) mass is 346 g/mol. The maximum absolute atomic E-state index is 12.1. The van der Waals surface area contributed by atoms with E-state index in [9.17, 15) is 14.7 Å². The molecule has 124 valence electrons. The fraction of sp³-hybridized carbons (Fsp3) is 0.188. The fourth-order valence-electron chi connectivity index (χ4n) is 2.60. The van der Waals surface area contributed by atoms with Crippen molar-refractivity contribution in [3.05, 3.63) is 73.9 Å². The van der Waals surface area contributed by atoms with Gasteiger partial charge >= 0.3 is 5.69 Å². The van der Waals surface area contributed by atoms with Gasteiger partial charge in [-0.15, -0.1) is 6.58 Å². The van der Waals surface area contributed by atoms with E-state index in [2.05, 4.69) is 22.1 Å². The predicted octanol–water partition coefficient (Wildman–Crippen LogP) is 1.52. The third kappa shape index (κ3) is 2.85. The number of aromatic hydroxyl groups is 1. The molecule has 3 N–H and O–H groups in total. The van der Waals surface area contributed by atoms with E-state index < -0.39 is 17.1 Å². The Bertz CT molecular complexity index is 928. The maximum Gasteiger partial charge on any atom is 0.331 e. The van der Waals surface area contributed by atoms with E-state index in [1.165, 1.54) is 6.08 Å². The van der Waals surface area contributed by atoms with Crippen LogP contribution in [0.5, 0.6) is 5.88 Å². The molecule has 0 amide bonds. The van der Waals surface area contributed by atoms with Gasteiger partial charge in [0.2, 0.25) is 5.88 Å². The Morgan fingerprint density at radius 3 is 2.75 bits per heavy atom. The minimum atomic E-state index is -0.693. The van der Waals surface area contributed by atoms with Crippen molar-refractivity contribution in [1.82, 2.24) is 15.0 Å². The minimum Gasteiger partial charge on any atom is -0.494 e. The number of rotatable bonds is 4. The molecule has 1 unspecified atom stereocenters. The van der Waals surface area contributed by atoms with Crippen LogP contribution in [0.1, 0.15) is 23.6 Å². The van der Waals surface area contributed by atoms with Gasteiger partial charge in [-0.2, -0.15) is 5.10 Å².